The van der Waals surface area contributed by atoms with Crippen LogP contribution in [0.4, 0.5) is 0 Å². The van der Waals surface area contributed by atoms with Gasteiger partial charge in [0.15, 0.2) is 14.1 Å². The van der Waals surface area contributed by atoms with Crippen LogP contribution in [0.3, 0.4) is 0 Å². The normalized spacial score (nSPS) is 29.4. The zero-order valence-corrected chi connectivity index (χ0v) is 21.6. The van der Waals surface area contributed by atoms with Crippen LogP contribution in [0.15, 0.2) is 12.2 Å². The summed E-state index contributed by atoms with van der Waals surface area (Å²) in [5.41, 5.74) is 1.89. The van der Waals surface area contributed by atoms with Crippen molar-refractivity contribution in [3.8, 4) is 11.5 Å². The molecule has 0 saturated heterocycles. The van der Waals surface area contributed by atoms with Crippen molar-refractivity contribution in [3.63, 3.8) is 0 Å². The van der Waals surface area contributed by atoms with Gasteiger partial charge in [0, 0.05) is 0 Å². The molecule has 2 unspecified atom stereocenters. The summed E-state index contributed by atoms with van der Waals surface area (Å²) in [6.45, 7) is 19.3. The second kappa shape index (κ2) is 9.42. The van der Waals surface area contributed by atoms with Gasteiger partial charge in [-0.3, -0.25) is 4.79 Å². The molecule has 0 amide bonds. The van der Waals surface area contributed by atoms with E-state index in [1.807, 2.05) is 19.9 Å². The molecule has 4 atom stereocenters. The van der Waals surface area contributed by atoms with Gasteiger partial charge in [-0.2, -0.15) is 0 Å². The summed E-state index contributed by atoms with van der Waals surface area (Å²) in [6, 6.07) is 3.12. The summed E-state index contributed by atoms with van der Waals surface area (Å²) >= 11 is 0. The van der Waals surface area contributed by atoms with E-state index in [1.165, 1.54) is 0 Å². The smallest absolute Gasteiger partial charge is 0.193 e. The Bertz CT molecular complexity index is 628. The predicted molar refractivity (Wildman–Crippen MR) is 124 cm³/mol. The van der Waals surface area contributed by atoms with Crippen molar-refractivity contribution >= 4 is 22.2 Å². The lowest BCUT2D eigenvalue weighted by atomic mass is 9.60. The summed E-state index contributed by atoms with van der Waals surface area (Å²) in [5, 5.41) is 11.1. The monoisotopic (exact) mass is 422 g/mol. The van der Waals surface area contributed by atoms with Gasteiger partial charge in [-0.1, -0.05) is 53.8 Å². The molecule has 0 aromatic carbocycles. The summed E-state index contributed by atoms with van der Waals surface area (Å²) in [5.74, 6) is 3.11. The second-order valence-electron chi connectivity index (χ2n) is 9.77. The van der Waals surface area contributed by atoms with E-state index in [1.54, 1.807) is 6.08 Å². The molecule has 3 nitrogen and oxygen atoms in total. The minimum absolute atomic E-state index is 0.0267. The van der Waals surface area contributed by atoms with Crippen LogP contribution in [0.5, 0.6) is 0 Å². The Morgan fingerprint density at radius 1 is 1.14 bits per heavy atom. The predicted octanol–water partition coefficient (Wildman–Crippen LogP) is 5.57. The Morgan fingerprint density at radius 3 is 2.11 bits per heavy atom. The molecule has 0 aliphatic heterocycles. The number of carbonyl (C=O) groups excluding carboxylic acids is 1. The summed E-state index contributed by atoms with van der Waals surface area (Å²) in [4.78, 5) is 13.1. The number of ketones is 1. The number of rotatable bonds is 8. The standard InChI is InChI=1S/C23H42O3Si2/c1-10-14-20(24)23(6)19(16-18-27(7,8)9)22(5,17-15-21(23)25)26-28(11-2,12-3)13-4/h15,17,19-20,24H,10-14H2,1-9H3/t19-,20?,22-,23?/m0/s1. The Morgan fingerprint density at radius 2 is 1.68 bits per heavy atom. The quantitative estimate of drug-likeness (QED) is 0.411. The summed E-state index contributed by atoms with van der Waals surface area (Å²) < 4.78 is 6.97. The van der Waals surface area contributed by atoms with Crippen LogP contribution in [0, 0.1) is 22.8 Å². The van der Waals surface area contributed by atoms with Crippen molar-refractivity contribution in [3.05, 3.63) is 12.2 Å². The Balaban J connectivity index is 3.62. The fraction of sp³-hybridized carbons (Fsp3) is 0.783. The first-order valence-electron chi connectivity index (χ1n) is 11.0. The highest BCUT2D eigenvalue weighted by Gasteiger charge is 2.56. The van der Waals surface area contributed by atoms with Crippen molar-refractivity contribution in [2.24, 2.45) is 11.3 Å². The highest BCUT2D eigenvalue weighted by Crippen LogP contribution is 2.48. The van der Waals surface area contributed by atoms with E-state index in [4.69, 9.17) is 4.43 Å². The maximum atomic E-state index is 13.1. The molecule has 0 radical (unpaired) electrons. The lowest BCUT2D eigenvalue weighted by molar-refractivity contribution is -0.141. The number of carbonyl (C=O) groups is 1. The molecular weight excluding hydrogens is 380 g/mol. The molecule has 28 heavy (non-hydrogen) atoms. The minimum atomic E-state index is -1.93. The zero-order valence-electron chi connectivity index (χ0n) is 19.6. The van der Waals surface area contributed by atoms with Gasteiger partial charge in [-0.25, -0.2) is 0 Å². The molecule has 0 heterocycles. The maximum Gasteiger partial charge on any atom is 0.193 e. The van der Waals surface area contributed by atoms with E-state index in [2.05, 4.69) is 58.8 Å². The molecule has 5 heteroatoms. The molecular formula is C23H42O3Si2. The van der Waals surface area contributed by atoms with E-state index in [0.717, 1.165) is 24.6 Å². The van der Waals surface area contributed by atoms with E-state index in [-0.39, 0.29) is 11.7 Å². The molecule has 1 N–H and O–H groups in total. The fourth-order valence-electron chi connectivity index (χ4n) is 4.29. The van der Waals surface area contributed by atoms with Crippen molar-refractivity contribution in [1.29, 1.82) is 0 Å². The molecule has 0 bridgehead atoms. The van der Waals surface area contributed by atoms with Crippen molar-refractivity contribution in [2.75, 3.05) is 0 Å². The Kier molecular flexibility index (Phi) is 8.54. The molecule has 1 aliphatic rings. The van der Waals surface area contributed by atoms with Crippen LogP contribution in [0.1, 0.15) is 54.4 Å². The van der Waals surface area contributed by atoms with Crippen molar-refractivity contribution < 1.29 is 14.3 Å². The van der Waals surface area contributed by atoms with Gasteiger partial charge in [-0.15, -0.1) is 11.5 Å². The second-order valence-corrected chi connectivity index (χ2v) is 19.2. The van der Waals surface area contributed by atoms with Crippen LogP contribution in [-0.4, -0.2) is 39.0 Å². The molecule has 0 fully saturated rings. The topological polar surface area (TPSA) is 46.5 Å². The first-order chi connectivity index (χ1) is 12.8. The van der Waals surface area contributed by atoms with Gasteiger partial charge in [0.2, 0.25) is 0 Å². The zero-order chi connectivity index (χ0) is 21.8. The summed E-state index contributed by atoms with van der Waals surface area (Å²) in [6.07, 6.45) is 4.28. The van der Waals surface area contributed by atoms with Gasteiger partial charge >= 0.3 is 0 Å². The number of allylic oxidation sites excluding steroid dienone is 1. The minimum Gasteiger partial charge on any atom is -0.407 e. The van der Waals surface area contributed by atoms with Gasteiger partial charge in [-0.05, 0) is 50.6 Å². The lowest BCUT2D eigenvalue weighted by Gasteiger charge is -2.51. The Labute approximate surface area is 175 Å². The molecule has 0 aromatic rings. The van der Waals surface area contributed by atoms with Gasteiger partial charge in [0.25, 0.3) is 0 Å². The Hall–Kier alpha value is -0.676. The van der Waals surface area contributed by atoms with Gasteiger partial charge in [0.1, 0.15) is 8.07 Å². The largest absolute Gasteiger partial charge is 0.407 e. The third-order valence-electron chi connectivity index (χ3n) is 6.48. The van der Waals surface area contributed by atoms with Crippen molar-refractivity contribution in [2.45, 2.75) is 104 Å². The average Bonchev–Trinajstić information content (AvgIpc) is 2.62. The number of aliphatic hydroxyl groups is 1. The first-order valence-corrected chi connectivity index (χ1v) is 17.0. The molecule has 0 spiro atoms. The maximum absolute atomic E-state index is 13.1. The average molecular weight is 423 g/mol. The highest BCUT2D eigenvalue weighted by molar-refractivity contribution is 6.83. The van der Waals surface area contributed by atoms with E-state index in [9.17, 15) is 9.90 Å². The van der Waals surface area contributed by atoms with E-state index < -0.39 is 33.5 Å². The first kappa shape index (κ1) is 25.4. The van der Waals surface area contributed by atoms with Crippen LogP contribution in [-0.2, 0) is 9.22 Å². The third kappa shape index (κ3) is 5.27. The van der Waals surface area contributed by atoms with Crippen molar-refractivity contribution in [1.82, 2.24) is 0 Å². The molecule has 160 valence electrons. The van der Waals surface area contributed by atoms with Gasteiger partial charge < -0.3 is 9.53 Å². The fourth-order valence-corrected chi connectivity index (χ4v) is 7.92. The molecule has 0 saturated carbocycles. The summed E-state index contributed by atoms with van der Waals surface area (Å²) in [7, 11) is -3.58. The number of aliphatic hydroxyl groups excluding tert-OH is 1. The van der Waals surface area contributed by atoms with Gasteiger partial charge in [0.05, 0.1) is 23.0 Å². The molecule has 0 aromatic heterocycles. The van der Waals surface area contributed by atoms with Crippen LogP contribution in [0.2, 0.25) is 37.8 Å². The highest BCUT2D eigenvalue weighted by atomic mass is 28.4. The third-order valence-corrected chi connectivity index (χ3v) is 12.1. The van der Waals surface area contributed by atoms with Crippen LogP contribution < -0.4 is 0 Å². The van der Waals surface area contributed by atoms with Crippen LogP contribution in [0.25, 0.3) is 0 Å². The van der Waals surface area contributed by atoms with E-state index in [0.29, 0.717) is 6.42 Å². The van der Waals surface area contributed by atoms with Crippen LogP contribution >= 0.6 is 0 Å². The molecule has 1 aliphatic carbocycles. The van der Waals surface area contributed by atoms with E-state index >= 15 is 0 Å². The lowest BCUT2D eigenvalue weighted by Crippen LogP contribution is -2.59. The number of hydrogen-bond acceptors (Lipinski definition) is 3. The SMILES string of the molecule is CCCC(O)C1(C)C(=O)C=C[C@](C)(O[Si](CC)(CC)CC)[C@@H]1C#C[Si](C)(C)C. The molecule has 1 rings (SSSR count). The number of hydrogen-bond donors (Lipinski definition) is 1.